The Morgan fingerprint density at radius 2 is 1.84 bits per heavy atom. The van der Waals surface area contributed by atoms with Crippen LogP contribution in [-0.4, -0.2) is 11.0 Å². The minimum absolute atomic E-state index is 0.196. The highest BCUT2D eigenvalue weighted by Gasteiger charge is 2.29. The summed E-state index contributed by atoms with van der Waals surface area (Å²) in [5, 5.41) is 9.44. The van der Waals surface area contributed by atoms with Gasteiger partial charge < -0.3 is 16.0 Å². The smallest absolute Gasteiger partial charge is 0.251 e. The molecule has 6 heteroatoms. The van der Waals surface area contributed by atoms with E-state index in [2.05, 4.69) is 16.0 Å². The lowest BCUT2D eigenvalue weighted by Crippen LogP contribution is -2.46. The van der Waals surface area contributed by atoms with Gasteiger partial charge in [0.15, 0.2) is 5.11 Å². The minimum Gasteiger partial charge on any atom is -0.351 e. The molecule has 25 heavy (non-hydrogen) atoms. The van der Waals surface area contributed by atoms with Crippen LogP contribution in [0, 0.1) is 5.82 Å². The van der Waals surface area contributed by atoms with Crippen LogP contribution < -0.4 is 16.0 Å². The van der Waals surface area contributed by atoms with Crippen LogP contribution in [0.25, 0.3) is 0 Å². The van der Waals surface area contributed by atoms with Crippen LogP contribution in [-0.2, 0) is 11.3 Å². The lowest BCUT2D eigenvalue weighted by Gasteiger charge is -2.30. The van der Waals surface area contributed by atoms with Crippen LogP contribution >= 0.6 is 12.2 Å². The molecule has 0 aromatic heterocycles. The quantitative estimate of drug-likeness (QED) is 0.738. The highest BCUT2D eigenvalue weighted by molar-refractivity contribution is 7.80. The van der Waals surface area contributed by atoms with Crippen LogP contribution in [0.5, 0.6) is 0 Å². The molecule has 0 saturated carbocycles. The first kappa shape index (κ1) is 17.1. The fourth-order valence-corrected chi connectivity index (χ4v) is 3.04. The van der Waals surface area contributed by atoms with Gasteiger partial charge in [-0.1, -0.05) is 42.5 Å². The number of carbonyl (C=O) groups is 1. The van der Waals surface area contributed by atoms with Crippen LogP contribution in [0.1, 0.15) is 24.1 Å². The number of rotatable bonds is 4. The molecular weight excluding hydrogens is 337 g/mol. The summed E-state index contributed by atoms with van der Waals surface area (Å²) in [5.41, 5.74) is 3.01. The second kappa shape index (κ2) is 7.44. The maximum atomic E-state index is 13.2. The third-order valence-corrected chi connectivity index (χ3v) is 4.23. The zero-order chi connectivity index (χ0) is 17.8. The number of carbonyl (C=O) groups excluding carboxylic acids is 1. The largest absolute Gasteiger partial charge is 0.351 e. The van der Waals surface area contributed by atoms with Crippen molar-refractivity contribution in [2.45, 2.75) is 19.5 Å². The van der Waals surface area contributed by atoms with Crippen molar-refractivity contribution in [1.82, 2.24) is 16.0 Å². The van der Waals surface area contributed by atoms with Gasteiger partial charge in [-0.15, -0.1) is 0 Å². The standard InChI is InChI=1S/C19H18FN3OS/c1-12-16(18(24)21-11-13-5-3-2-4-6-13)17(23-19(25)22-12)14-7-9-15(20)10-8-14/h2-10,17H,11H2,1H3,(H,21,24)(H2,22,23,25)/t17-/m0/s1. The van der Waals surface area contributed by atoms with Gasteiger partial charge in [0.1, 0.15) is 5.82 Å². The molecule has 4 nitrogen and oxygen atoms in total. The summed E-state index contributed by atoms with van der Waals surface area (Å²) < 4.78 is 13.2. The SMILES string of the molecule is CC1=C(C(=O)NCc2ccccc2)[C@H](c2ccc(F)cc2)NC(=S)N1. The molecule has 0 unspecified atom stereocenters. The van der Waals surface area contributed by atoms with Crippen molar-refractivity contribution in [2.24, 2.45) is 0 Å². The third kappa shape index (κ3) is 4.03. The Hall–Kier alpha value is -2.73. The van der Waals surface area contributed by atoms with E-state index < -0.39 is 6.04 Å². The van der Waals surface area contributed by atoms with Crippen molar-refractivity contribution in [3.63, 3.8) is 0 Å². The average Bonchev–Trinajstić information content (AvgIpc) is 2.60. The van der Waals surface area contributed by atoms with E-state index in [1.54, 1.807) is 19.1 Å². The molecule has 0 fully saturated rings. The Balaban J connectivity index is 1.84. The fourth-order valence-electron chi connectivity index (χ4n) is 2.77. The van der Waals surface area contributed by atoms with Crippen LogP contribution in [0.2, 0.25) is 0 Å². The number of halogens is 1. The molecule has 3 rings (SSSR count). The maximum absolute atomic E-state index is 13.2. The predicted octanol–water partition coefficient (Wildman–Crippen LogP) is 2.93. The molecule has 1 aliphatic rings. The van der Waals surface area contributed by atoms with E-state index in [-0.39, 0.29) is 11.7 Å². The average molecular weight is 355 g/mol. The second-order valence-electron chi connectivity index (χ2n) is 5.79. The lowest BCUT2D eigenvalue weighted by atomic mass is 9.95. The summed E-state index contributed by atoms with van der Waals surface area (Å²) in [6, 6.07) is 15.3. The van der Waals surface area contributed by atoms with Gasteiger partial charge in [0.25, 0.3) is 5.91 Å². The summed E-state index contributed by atoms with van der Waals surface area (Å²) in [5.74, 6) is -0.519. The molecule has 128 valence electrons. The van der Waals surface area contributed by atoms with Crippen LogP contribution in [0.4, 0.5) is 4.39 Å². The van der Waals surface area contributed by atoms with E-state index >= 15 is 0 Å². The monoisotopic (exact) mass is 355 g/mol. The zero-order valence-electron chi connectivity index (χ0n) is 13.7. The van der Waals surface area contributed by atoms with Gasteiger partial charge in [-0.2, -0.15) is 0 Å². The summed E-state index contributed by atoms with van der Waals surface area (Å²) in [4.78, 5) is 12.8. The predicted molar refractivity (Wildman–Crippen MR) is 99.0 cm³/mol. The van der Waals surface area contributed by atoms with Crippen molar-refractivity contribution in [3.8, 4) is 0 Å². The molecule has 2 aromatic rings. The minimum atomic E-state index is -0.426. The number of hydrogen-bond donors (Lipinski definition) is 3. The molecule has 2 aromatic carbocycles. The second-order valence-corrected chi connectivity index (χ2v) is 6.20. The molecule has 1 atom stereocenters. The number of benzene rings is 2. The van der Waals surface area contributed by atoms with Gasteiger partial charge in [0.05, 0.1) is 11.6 Å². The molecule has 0 saturated heterocycles. The van der Waals surface area contributed by atoms with E-state index in [0.717, 1.165) is 11.1 Å². The van der Waals surface area contributed by atoms with E-state index in [4.69, 9.17) is 12.2 Å². The van der Waals surface area contributed by atoms with Gasteiger partial charge in [0, 0.05) is 12.2 Å². The lowest BCUT2D eigenvalue weighted by molar-refractivity contribution is -0.118. The highest BCUT2D eigenvalue weighted by Crippen LogP contribution is 2.27. The molecule has 1 heterocycles. The van der Waals surface area contributed by atoms with Crippen LogP contribution in [0.15, 0.2) is 65.9 Å². The van der Waals surface area contributed by atoms with Gasteiger partial charge >= 0.3 is 0 Å². The summed E-state index contributed by atoms with van der Waals surface area (Å²) >= 11 is 5.20. The number of hydrogen-bond acceptors (Lipinski definition) is 2. The number of allylic oxidation sites excluding steroid dienone is 1. The Kier molecular flexibility index (Phi) is 5.09. The summed E-state index contributed by atoms with van der Waals surface area (Å²) in [6.45, 7) is 2.23. The molecular formula is C19H18FN3OS. The summed E-state index contributed by atoms with van der Waals surface area (Å²) in [6.07, 6.45) is 0. The Morgan fingerprint density at radius 3 is 2.52 bits per heavy atom. The molecule has 1 amide bonds. The van der Waals surface area contributed by atoms with Gasteiger partial charge in [-0.05, 0) is 42.4 Å². The Morgan fingerprint density at radius 1 is 1.16 bits per heavy atom. The first-order valence-corrected chi connectivity index (χ1v) is 8.31. The molecule has 1 aliphatic heterocycles. The molecule has 3 N–H and O–H groups in total. The van der Waals surface area contributed by atoms with Crippen LogP contribution in [0.3, 0.4) is 0 Å². The van der Waals surface area contributed by atoms with E-state index in [1.807, 2.05) is 30.3 Å². The van der Waals surface area contributed by atoms with Crippen molar-refractivity contribution < 1.29 is 9.18 Å². The van der Waals surface area contributed by atoms with Crippen molar-refractivity contribution in [3.05, 3.63) is 82.8 Å². The molecule has 0 aliphatic carbocycles. The molecule has 0 spiro atoms. The Labute approximate surface area is 151 Å². The highest BCUT2D eigenvalue weighted by atomic mass is 32.1. The molecule has 0 radical (unpaired) electrons. The maximum Gasteiger partial charge on any atom is 0.251 e. The summed E-state index contributed by atoms with van der Waals surface area (Å²) in [7, 11) is 0. The number of amides is 1. The van der Waals surface area contributed by atoms with Gasteiger partial charge in [-0.3, -0.25) is 4.79 Å². The number of thiocarbonyl (C=S) groups is 1. The third-order valence-electron chi connectivity index (χ3n) is 4.01. The van der Waals surface area contributed by atoms with E-state index in [9.17, 15) is 9.18 Å². The zero-order valence-corrected chi connectivity index (χ0v) is 14.5. The van der Waals surface area contributed by atoms with Crippen molar-refractivity contribution in [1.29, 1.82) is 0 Å². The fraction of sp³-hybridized carbons (Fsp3) is 0.158. The normalized spacial score (nSPS) is 16.9. The van der Waals surface area contributed by atoms with E-state index in [1.165, 1.54) is 12.1 Å². The number of nitrogens with one attached hydrogen (secondary N) is 3. The first-order chi connectivity index (χ1) is 12.0. The van der Waals surface area contributed by atoms with Crippen molar-refractivity contribution >= 4 is 23.2 Å². The molecule has 0 bridgehead atoms. The van der Waals surface area contributed by atoms with E-state index in [0.29, 0.717) is 22.9 Å². The van der Waals surface area contributed by atoms with Crippen molar-refractivity contribution in [2.75, 3.05) is 0 Å². The topological polar surface area (TPSA) is 53.2 Å². The van der Waals surface area contributed by atoms with Gasteiger partial charge in [-0.25, -0.2) is 4.39 Å². The first-order valence-electron chi connectivity index (χ1n) is 7.90. The van der Waals surface area contributed by atoms with Gasteiger partial charge in [0.2, 0.25) is 0 Å². The Bertz CT molecular complexity index is 818.